The van der Waals surface area contributed by atoms with Crippen LogP contribution in [0.25, 0.3) is 0 Å². The third-order valence-electron chi connectivity index (χ3n) is 11.7. The summed E-state index contributed by atoms with van der Waals surface area (Å²) in [6.07, 6.45) is 1.07. The van der Waals surface area contributed by atoms with Crippen LogP contribution in [0.2, 0.25) is 0 Å². The van der Waals surface area contributed by atoms with Crippen molar-refractivity contribution in [2.24, 2.45) is 0 Å². The molecule has 0 fully saturated rings. The van der Waals surface area contributed by atoms with Crippen LogP contribution in [0.3, 0.4) is 0 Å². The molecule has 0 saturated carbocycles. The van der Waals surface area contributed by atoms with Gasteiger partial charge in [0, 0.05) is 60.3 Å². The maximum Gasteiger partial charge on any atom is 0.311 e. The summed E-state index contributed by atoms with van der Waals surface area (Å²) in [5.41, 5.74) is 1.70. The molecule has 91 heavy (non-hydrogen) atoms. The van der Waals surface area contributed by atoms with Crippen LogP contribution in [0.4, 0.5) is 0 Å². The molecular weight excluding hydrogens is 1190 g/mol. The van der Waals surface area contributed by atoms with Gasteiger partial charge in [0.15, 0.2) is 23.0 Å². The number of hydrogen-bond acceptors (Lipinski definition) is 25. The minimum atomic E-state index is -0.683. The lowest BCUT2D eigenvalue weighted by Gasteiger charge is -2.19. The van der Waals surface area contributed by atoms with Gasteiger partial charge in [0.2, 0.25) is 17.4 Å². The lowest BCUT2D eigenvalue weighted by molar-refractivity contribution is -0.136. The van der Waals surface area contributed by atoms with Crippen LogP contribution in [-0.4, -0.2) is 216 Å². The molecule has 0 saturated heterocycles. The predicted molar refractivity (Wildman–Crippen MR) is 333 cm³/mol. The van der Waals surface area contributed by atoms with Gasteiger partial charge in [0.05, 0.1) is 145 Å². The monoisotopic (exact) mass is 1300 g/mol. The number of ketones is 2. The average molecular weight is 1300 g/mol. The number of rotatable bonds is 57. The van der Waals surface area contributed by atoms with Crippen LogP contribution < -0.4 is 43.2 Å². The van der Waals surface area contributed by atoms with Gasteiger partial charge in [0.25, 0.3) is 0 Å². The molecule has 0 aromatic heterocycles. The van der Waals surface area contributed by atoms with Crippen molar-refractivity contribution in [1.82, 2.24) is 5.32 Å². The Morgan fingerprint density at radius 1 is 0.341 bits per heavy atom. The van der Waals surface area contributed by atoms with Gasteiger partial charge in [-0.3, -0.25) is 14.4 Å². The van der Waals surface area contributed by atoms with E-state index in [1.165, 1.54) is 20.3 Å². The highest BCUT2D eigenvalue weighted by Crippen LogP contribution is 2.42. The van der Waals surface area contributed by atoms with Gasteiger partial charge in [0.1, 0.15) is 62.7 Å². The molecule has 0 aliphatic rings. The molecule has 1 N–H and O–H groups in total. The summed E-state index contributed by atoms with van der Waals surface area (Å²) >= 11 is 0. The lowest BCUT2D eigenvalue weighted by Crippen LogP contribution is -2.21. The van der Waals surface area contributed by atoms with Crippen LogP contribution >= 0.6 is 0 Å². The molecule has 0 aliphatic heterocycles. The zero-order valence-corrected chi connectivity index (χ0v) is 55.1. The summed E-state index contributed by atoms with van der Waals surface area (Å²) in [4.78, 5) is 62.7. The maximum absolute atomic E-state index is 13.2. The highest BCUT2D eigenvalue weighted by Gasteiger charge is 2.23. The van der Waals surface area contributed by atoms with E-state index in [1.807, 2.05) is 0 Å². The molecule has 516 valence electrons. The second kappa shape index (κ2) is 54.3. The molecule has 0 unspecified atom stereocenters. The Kier molecular flexibility index (Phi) is 48.2. The number of carbonyl (C=O) groups excluding carboxylic acids is 5. The van der Waals surface area contributed by atoms with E-state index < -0.39 is 11.9 Å². The molecule has 0 bridgehead atoms. The quantitative estimate of drug-likeness (QED) is 0.0336. The van der Waals surface area contributed by atoms with E-state index in [0.29, 0.717) is 107 Å². The summed E-state index contributed by atoms with van der Waals surface area (Å²) in [6, 6.07) is 11.8. The van der Waals surface area contributed by atoms with Crippen molar-refractivity contribution in [1.29, 1.82) is 0 Å². The van der Waals surface area contributed by atoms with Crippen molar-refractivity contribution in [2.45, 2.75) is 92.9 Å². The SMILES string of the molecule is CCC.CCC(=O)NCc1cc(OCc2cc(OCCOCCOCCOC)c(OC(=O)CCC(C)=O)c(OCCOCCOCCOC)c2)cc(OCc2cc(OCCOCCOCCOC)c(OC(=O)CCC(C)=O)c(OCCOCCOCCOC)c2)c1. The Balaban J connectivity index is 0.00000921. The Labute approximate surface area is 536 Å². The zero-order valence-electron chi connectivity index (χ0n) is 55.1. The molecule has 3 aromatic carbocycles. The first kappa shape index (κ1) is 80.8. The number of methoxy groups -OCH3 is 4. The number of nitrogens with one attached hydrogen (secondary N) is 1. The largest absolute Gasteiger partial charge is 0.489 e. The van der Waals surface area contributed by atoms with E-state index in [-0.39, 0.29) is 183 Å². The predicted octanol–water partition coefficient (Wildman–Crippen LogP) is 7.07. The fourth-order valence-electron chi connectivity index (χ4n) is 7.20. The number of amides is 1. The molecular formula is C65H101NO25. The summed E-state index contributed by atoms with van der Waals surface area (Å²) in [5.74, 6) is -0.726. The number of esters is 2. The lowest BCUT2D eigenvalue weighted by atomic mass is 10.1. The first-order valence-electron chi connectivity index (χ1n) is 30.8. The van der Waals surface area contributed by atoms with Crippen LogP contribution in [0.5, 0.6) is 46.0 Å². The van der Waals surface area contributed by atoms with Gasteiger partial charge in [-0.15, -0.1) is 0 Å². The number of benzene rings is 3. The van der Waals surface area contributed by atoms with Crippen molar-refractivity contribution in [3.63, 3.8) is 0 Å². The smallest absolute Gasteiger partial charge is 0.311 e. The standard InChI is InChI=1S/C62H93NO25.C3H8/c1-8-58(66)63-44-49-37-52(85-45-50-39-54(81-33-29-77-25-21-73-17-13-69-4)61(87-59(67)11-9-47(2)64)55(40-50)82-34-30-78-26-22-74-18-14-70-5)43-53(38-49)86-46-51-41-56(83-35-31-79-27-23-75-19-15-71-6)62(88-60(68)12-10-48(3)65)57(42-51)84-36-32-80-28-24-76-20-16-72-7;1-3-2/h37-43H,8-36,44-46H2,1-7H3,(H,63,66);3H2,1-2H3. The first-order chi connectivity index (χ1) is 44.3. The van der Waals surface area contributed by atoms with E-state index in [0.717, 1.165) is 0 Å². The molecule has 26 heteroatoms. The van der Waals surface area contributed by atoms with Gasteiger partial charge in [-0.2, -0.15) is 0 Å². The van der Waals surface area contributed by atoms with E-state index in [2.05, 4.69) is 19.2 Å². The van der Waals surface area contributed by atoms with Crippen molar-refractivity contribution >= 4 is 29.4 Å². The minimum Gasteiger partial charge on any atom is -0.489 e. The number of carbonyl (C=O) groups is 5. The number of ether oxygens (including phenoxy) is 20. The van der Waals surface area contributed by atoms with E-state index in [1.54, 1.807) is 77.8 Å². The second-order valence-corrected chi connectivity index (χ2v) is 19.7. The molecule has 26 nitrogen and oxygen atoms in total. The molecule has 0 spiro atoms. The molecule has 0 atom stereocenters. The van der Waals surface area contributed by atoms with Crippen molar-refractivity contribution < 1.29 is 119 Å². The van der Waals surface area contributed by atoms with E-state index >= 15 is 0 Å². The van der Waals surface area contributed by atoms with Crippen molar-refractivity contribution in [3.05, 3.63) is 59.2 Å². The van der Waals surface area contributed by atoms with Crippen LogP contribution in [0, 0.1) is 0 Å². The summed E-state index contributed by atoms with van der Waals surface area (Å²) in [6.45, 7) is 15.5. The van der Waals surface area contributed by atoms with Gasteiger partial charge in [-0.05, 0) is 66.9 Å². The second-order valence-electron chi connectivity index (χ2n) is 19.7. The Hall–Kier alpha value is -6.27. The molecule has 0 aliphatic carbocycles. The minimum absolute atomic E-state index is 0.0190. The van der Waals surface area contributed by atoms with Gasteiger partial charge in [-0.1, -0.05) is 27.2 Å². The molecule has 3 aromatic rings. The Bertz CT molecular complexity index is 2190. The number of Topliss-reactive ketones (excluding diaryl/α,β-unsaturated/α-hetero) is 2. The molecule has 0 heterocycles. The third kappa shape index (κ3) is 41.0. The van der Waals surface area contributed by atoms with E-state index in [9.17, 15) is 24.0 Å². The highest BCUT2D eigenvalue weighted by molar-refractivity contribution is 5.83. The first-order valence-corrected chi connectivity index (χ1v) is 30.8. The van der Waals surface area contributed by atoms with Crippen molar-refractivity contribution in [2.75, 3.05) is 187 Å². The summed E-state index contributed by atoms with van der Waals surface area (Å²) < 4.78 is 114. The summed E-state index contributed by atoms with van der Waals surface area (Å²) in [5, 5.41) is 2.90. The van der Waals surface area contributed by atoms with Crippen LogP contribution in [0.1, 0.15) is 89.8 Å². The van der Waals surface area contributed by atoms with Crippen LogP contribution in [0.15, 0.2) is 42.5 Å². The maximum atomic E-state index is 13.2. The van der Waals surface area contributed by atoms with Crippen molar-refractivity contribution in [3.8, 4) is 46.0 Å². The highest BCUT2D eigenvalue weighted by atomic mass is 16.6. The van der Waals surface area contributed by atoms with Gasteiger partial charge < -0.3 is 110 Å². The summed E-state index contributed by atoms with van der Waals surface area (Å²) in [7, 11) is 6.35. The van der Waals surface area contributed by atoms with E-state index in [4.69, 9.17) is 94.7 Å². The Morgan fingerprint density at radius 2 is 0.615 bits per heavy atom. The Morgan fingerprint density at radius 3 is 0.879 bits per heavy atom. The molecule has 1 amide bonds. The molecule has 3 rings (SSSR count). The van der Waals surface area contributed by atoms with Gasteiger partial charge in [-0.25, -0.2) is 0 Å². The third-order valence-corrected chi connectivity index (χ3v) is 11.7. The fourth-order valence-corrected chi connectivity index (χ4v) is 7.20. The van der Waals surface area contributed by atoms with Gasteiger partial charge >= 0.3 is 11.9 Å². The normalized spacial score (nSPS) is 10.9. The number of hydrogen-bond donors (Lipinski definition) is 1. The van der Waals surface area contributed by atoms with Crippen LogP contribution in [-0.2, 0) is 101 Å². The zero-order chi connectivity index (χ0) is 66.4. The fraction of sp³-hybridized carbons (Fsp3) is 0.646. The molecule has 0 radical (unpaired) electrons. The average Bonchev–Trinajstić information content (AvgIpc) is 0.992. The topological polar surface area (TPSA) is 282 Å².